The molecule has 0 aliphatic heterocycles. The Labute approximate surface area is 103 Å². The molecule has 1 heterocycles. The molecule has 0 fully saturated rings. The smallest absolute Gasteiger partial charge is 0.129 e. The summed E-state index contributed by atoms with van der Waals surface area (Å²) in [6.07, 6.45) is 2.98. The number of rotatable bonds is 5. The molecule has 0 radical (unpaired) electrons. The molecule has 1 aromatic rings. The van der Waals surface area contributed by atoms with Crippen LogP contribution in [0.3, 0.4) is 0 Å². The van der Waals surface area contributed by atoms with Crippen molar-refractivity contribution in [1.82, 2.24) is 10.3 Å². The van der Waals surface area contributed by atoms with E-state index >= 15 is 0 Å². The van der Waals surface area contributed by atoms with Gasteiger partial charge in [-0.3, -0.25) is 0 Å². The first kappa shape index (κ1) is 13.5. The fourth-order valence-electron chi connectivity index (χ4n) is 1.84. The Bertz CT molecular complexity index is 308. The Hall–Kier alpha value is -0.600. The first-order valence-corrected chi connectivity index (χ1v) is 6.29. The molecular weight excluding hydrogens is 220 g/mol. The van der Waals surface area contributed by atoms with Crippen molar-refractivity contribution in [2.24, 2.45) is 5.92 Å². The summed E-state index contributed by atoms with van der Waals surface area (Å²) in [5, 5.41) is 4.17. The average molecular weight is 241 g/mol. The van der Waals surface area contributed by atoms with Crippen molar-refractivity contribution in [2.75, 3.05) is 0 Å². The van der Waals surface area contributed by atoms with Crippen LogP contribution in [-0.2, 0) is 0 Å². The molecule has 3 heteroatoms. The van der Waals surface area contributed by atoms with Crippen LogP contribution in [0.5, 0.6) is 0 Å². The number of pyridine rings is 1. The summed E-state index contributed by atoms with van der Waals surface area (Å²) in [6.45, 7) is 8.86. The number of nitrogens with one attached hydrogen (secondary N) is 1. The highest BCUT2D eigenvalue weighted by atomic mass is 35.5. The monoisotopic (exact) mass is 240 g/mol. The molecule has 0 aliphatic carbocycles. The molecule has 1 N–H and O–H groups in total. The van der Waals surface area contributed by atoms with Crippen molar-refractivity contribution in [2.45, 2.75) is 46.2 Å². The quantitative estimate of drug-likeness (QED) is 0.792. The van der Waals surface area contributed by atoms with E-state index in [4.69, 9.17) is 11.6 Å². The zero-order chi connectivity index (χ0) is 12.1. The van der Waals surface area contributed by atoms with E-state index in [-0.39, 0.29) is 0 Å². The van der Waals surface area contributed by atoms with Gasteiger partial charge in [-0.25, -0.2) is 4.98 Å². The van der Waals surface area contributed by atoms with Crippen LogP contribution in [0.25, 0.3) is 0 Å². The van der Waals surface area contributed by atoms with E-state index < -0.39 is 0 Å². The third-order valence-electron chi connectivity index (χ3n) is 2.96. The van der Waals surface area contributed by atoms with Gasteiger partial charge in [-0.05, 0) is 30.9 Å². The van der Waals surface area contributed by atoms with Crippen molar-refractivity contribution < 1.29 is 0 Å². The van der Waals surface area contributed by atoms with E-state index in [1.54, 1.807) is 0 Å². The second kappa shape index (κ2) is 6.21. The topological polar surface area (TPSA) is 24.9 Å². The molecule has 16 heavy (non-hydrogen) atoms. The van der Waals surface area contributed by atoms with Crippen LogP contribution < -0.4 is 5.32 Å². The normalized spacial score (nSPS) is 15.1. The number of hydrogen-bond donors (Lipinski definition) is 1. The summed E-state index contributed by atoms with van der Waals surface area (Å²) < 4.78 is 0. The SMILES string of the molecule is CCC(NC(C)c1ccc(Cl)nc1)C(C)C. The van der Waals surface area contributed by atoms with Gasteiger partial charge in [0.1, 0.15) is 5.15 Å². The van der Waals surface area contributed by atoms with Gasteiger partial charge in [0.05, 0.1) is 0 Å². The molecule has 2 nitrogen and oxygen atoms in total. The van der Waals surface area contributed by atoms with Gasteiger partial charge in [0, 0.05) is 18.3 Å². The van der Waals surface area contributed by atoms with Crippen molar-refractivity contribution in [3.05, 3.63) is 29.0 Å². The lowest BCUT2D eigenvalue weighted by molar-refractivity contribution is 0.355. The molecule has 2 unspecified atom stereocenters. The maximum atomic E-state index is 5.77. The van der Waals surface area contributed by atoms with Crippen LogP contribution >= 0.6 is 11.6 Å². The minimum absolute atomic E-state index is 0.317. The van der Waals surface area contributed by atoms with Gasteiger partial charge in [0.25, 0.3) is 0 Å². The third kappa shape index (κ3) is 3.76. The van der Waals surface area contributed by atoms with Crippen molar-refractivity contribution >= 4 is 11.6 Å². The van der Waals surface area contributed by atoms with E-state index in [2.05, 4.69) is 38.0 Å². The van der Waals surface area contributed by atoms with Gasteiger partial charge in [-0.15, -0.1) is 0 Å². The Morgan fingerprint density at radius 1 is 1.31 bits per heavy atom. The van der Waals surface area contributed by atoms with Crippen molar-refractivity contribution in [3.8, 4) is 0 Å². The zero-order valence-corrected chi connectivity index (χ0v) is 11.3. The summed E-state index contributed by atoms with van der Waals surface area (Å²) in [5.74, 6) is 0.646. The number of nitrogens with zero attached hydrogens (tertiary/aromatic N) is 1. The van der Waals surface area contributed by atoms with Gasteiger partial charge in [0.15, 0.2) is 0 Å². The maximum absolute atomic E-state index is 5.77. The number of hydrogen-bond acceptors (Lipinski definition) is 2. The van der Waals surface area contributed by atoms with Gasteiger partial charge >= 0.3 is 0 Å². The van der Waals surface area contributed by atoms with Crippen molar-refractivity contribution in [3.63, 3.8) is 0 Å². The second-order valence-corrected chi connectivity index (χ2v) is 4.95. The molecule has 90 valence electrons. The molecular formula is C13H21ClN2. The summed E-state index contributed by atoms with van der Waals surface area (Å²) in [6, 6.07) is 4.73. The Morgan fingerprint density at radius 3 is 2.44 bits per heavy atom. The molecule has 0 amide bonds. The lowest BCUT2D eigenvalue weighted by Gasteiger charge is -2.25. The zero-order valence-electron chi connectivity index (χ0n) is 10.5. The molecule has 0 aliphatic rings. The highest BCUT2D eigenvalue weighted by Gasteiger charge is 2.14. The molecule has 0 bridgehead atoms. The number of halogens is 1. The second-order valence-electron chi connectivity index (χ2n) is 4.56. The predicted molar refractivity (Wildman–Crippen MR) is 69.7 cm³/mol. The Kier molecular flexibility index (Phi) is 5.23. The van der Waals surface area contributed by atoms with Crippen LogP contribution in [0.2, 0.25) is 5.15 Å². The Balaban J connectivity index is 2.64. The summed E-state index contributed by atoms with van der Waals surface area (Å²) in [7, 11) is 0. The fraction of sp³-hybridized carbons (Fsp3) is 0.615. The minimum Gasteiger partial charge on any atom is -0.307 e. The highest BCUT2D eigenvalue weighted by molar-refractivity contribution is 6.29. The lowest BCUT2D eigenvalue weighted by atomic mass is 9.99. The molecule has 0 spiro atoms. The predicted octanol–water partition coefficient (Wildman–Crippen LogP) is 3.82. The van der Waals surface area contributed by atoms with Crippen LogP contribution in [0, 0.1) is 5.92 Å². The minimum atomic E-state index is 0.317. The first-order chi connectivity index (χ1) is 7.54. The van der Waals surface area contributed by atoms with Crippen LogP contribution in [-0.4, -0.2) is 11.0 Å². The van der Waals surface area contributed by atoms with Crippen molar-refractivity contribution in [1.29, 1.82) is 0 Å². The van der Waals surface area contributed by atoms with Crippen LogP contribution in [0.4, 0.5) is 0 Å². The van der Waals surface area contributed by atoms with Crippen LogP contribution in [0.1, 0.15) is 45.7 Å². The first-order valence-electron chi connectivity index (χ1n) is 5.92. The van der Waals surface area contributed by atoms with Gasteiger partial charge in [-0.2, -0.15) is 0 Å². The molecule has 2 atom stereocenters. The fourth-order valence-corrected chi connectivity index (χ4v) is 1.95. The average Bonchev–Trinajstić information content (AvgIpc) is 2.26. The number of aromatic nitrogens is 1. The third-order valence-corrected chi connectivity index (χ3v) is 3.18. The lowest BCUT2D eigenvalue weighted by Crippen LogP contribution is -2.35. The summed E-state index contributed by atoms with van der Waals surface area (Å²) >= 11 is 5.77. The largest absolute Gasteiger partial charge is 0.307 e. The molecule has 1 aromatic heterocycles. The van der Waals surface area contributed by atoms with Gasteiger partial charge in [0.2, 0.25) is 0 Å². The summed E-state index contributed by atoms with van der Waals surface area (Å²) in [4.78, 5) is 4.10. The highest BCUT2D eigenvalue weighted by Crippen LogP contribution is 2.16. The van der Waals surface area contributed by atoms with Gasteiger partial charge < -0.3 is 5.32 Å². The van der Waals surface area contributed by atoms with E-state index in [0.717, 1.165) is 6.42 Å². The molecule has 0 aromatic carbocycles. The van der Waals surface area contributed by atoms with E-state index in [1.165, 1.54) is 5.56 Å². The maximum Gasteiger partial charge on any atom is 0.129 e. The standard InChI is InChI=1S/C13H21ClN2/c1-5-12(9(2)3)16-10(4)11-6-7-13(14)15-8-11/h6-10,12,16H,5H2,1-4H3. The van der Waals surface area contributed by atoms with E-state index in [0.29, 0.717) is 23.2 Å². The molecule has 0 saturated carbocycles. The van der Waals surface area contributed by atoms with Gasteiger partial charge in [-0.1, -0.05) is 38.4 Å². The molecule has 0 saturated heterocycles. The molecule has 1 rings (SSSR count). The van der Waals surface area contributed by atoms with E-state index in [9.17, 15) is 0 Å². The van der Waals surface area contributed by atoms with Crippen LogP contribution in [0.15, 0.2) is 18.3 Å². The Morgan fingerprint density at radius 2 is 2.00 bits per heavy atom. The van der Waals surface area contributed by atoms with E-state index in [1.807, 2.05) is 18.3 Å². The summed E-state index contributed by atoms with van der Waals surface area (Å²) in [5.41, 5.74) is 1.18.